The van der Waals surface area contributed by atoms with E-state index in [-0.39, 0.29) is 23.2 Å². The smallest absolute Gasteiger partial charge is 0.255 e. The molecule has 0 bridgehead atoms. The summed E-state index contributed by atoms with van der Waals surface area (Å²) >= 11 is 0. The topological polar surface area (TPSA) is 75.3 Å². The molecular weight excluding hydrogens is 391 g/mol. The molecule has 3 rings (SSSR count). The number of aryl methyl sites for hydroxylation is 2. The second kappa shape index (κ2) is 8.55. The Kier molecular flexibility index (Phi) is 6.10. The molecule has 3 aromatic rings. The third kappa shape index (κ3) is 5.28. The summed E-state index contributed by atoms with van der Waals surface area (Å²) in [6, 6.07) is 17.4. The molecule has 2 N–H and O–H groups in total. The Hall–Kier alpha value is -3.03. The SMILES string of the molecule is Cc1ccc(C)c(S(=O)(=O)NCc2ccc(C(=O)Nc3ccc(F)cc3)cc2)c1. The fourth-order valence-electron chi connectivity index (χ4n) is 2.76. The normalized spacial score (nSPS) is 11.3. The Morgan fingerprint density at radius 2 is 1.59 bits per heavy atom. The van der Waals surface area contributed by atoms with Crippen LogP contribution in [0.15, 0.2) is 71.6 Å². The molecule has 7 heteroatoms. The van der Waals surface area contributed by atoms with E-state index in [0.717, 1.165) is 11.1 Å². The van der Waals surface area contributed by atoms with Crippen molar-refractivity contribution in [3.8, 4) is 0 Å². The fourth-order valence-corrected chi connectivity index (χ4v) is 4.11. The number of hydrogen-bond donors (Lipinski definition) is 2. The van der Waals surface area contributed by atoms with Crippen molar-refractivity contribution in [3.63, 3.8) is 0 Å². The van der Waals surface area contributed by atoms with Crippen LogP contribution in [-0.2, 0) is 16.6 Å². The first kappa shape index (κ1) is 20.7. The molecule has 0 aliphatic carbocycles. The number of carbonyl (C=O) groups excluding carboxylic acids is 1. The number of anilines is 1. The minimum atomic E-state index is -3.64. The summed E-state index contributed by atoms with van der Waals surface area (Å²) in [7, 11) is -3.64. The highest BCUT2D eigenvalue weighted by atomic mass is 32.2. The van der Waals surface area contributed by atoms with E-state index in [0.29, 0.717) is 16.8 Å². The predicted octanol–water partition coefficient (Wildman–Crippen LogP) is 4.17. The molecule has 0 aromatic heterocycles. The third-order valence-electron chi connectivity index (χ3n) is 4.42. The van der Waals surface area contributed by atoms with Gasteiger partial charge in [0.05, 0.1) is 4.90 Å². The van der Waals surface area contributed by atoms with Crippen LogP contribution in [0.1, 0.15) is 27.0 Å². The van der Waals surface area contributed by atoms with Gasteiger partial charge >= 0.3 is 0 Å². The number of carbonyl (C=O) groups is 1. The number of hydrogen-bond acceptors (Lipinski definition) is 3. The minimum Gasteiger partial charge on any atom is -0.322 e. The largest absolute Gasteiger partial charge is 0.322 e. The highest BCUT2D eigenvalue weighted by molar-refractivity contribution is 7.89. The van der Waals surface area contributed by atoms with E-state index in [2.05, 4.69) is 10.0 Å². The maximum absolute atomic E-state index is 12.9. The molecule has 150 valence electrons. The molecule has 0 saturated heterocycles. The summed E-state index contributed by atoms with van der Waals surface area (Å²) in [4.78, 5) is 12.5. The average Bonchev–Trinajstić information content (AvgIpc) is 2.70. The van der Waals surface area contributed by atoms with Crippen molar-refractivity contribution in [1.29, 1.82) is 0 Å². The summed E-state index contributed by atoms with van der Waals surface area (Å²) in [5, 5.41) is 2.68. The van der Waals surface area contributed by atoms with Crippen LogP contribution in [0.3, 0.4) is 0 Å². The molecule has 0 heterocycles. The van der Waals surface area contributed by atoms with E-state index in [1.54, 1.807) is 43.3 Å². The zero-order chi connectivity index (χ0) is 21.0. The van der Waals surface area contributed by atoms with Gasteiger partial charge in [-0.2, -0.15) is 0 Å². The van der Waals surface area contributed by atoms with Crippen molar-refractivity contribution in [2.75, 3.05) is 5.32 Å². The van der Waals surface area contributed by atoms with Crippen molar-refractivity contribution in [3.05, 3.63) is 94.8 Å². The third-order valence-corrected chi connectivity index (χ3v) is 5.96. The van der Waals surface area contributed by atoms with Gasteiger partial charge in [0.1, 0.15) is 5.82 Å². The Balaban J connectivity index is 1.65. The Bertz CT molecular complexity index is 1130. The Morgan fingerprint density at radius 3 is 2.24 bits per heavy atom. The monoisotopic (exact) mass is 412 g/mol. The number of benzene rings is 3. The van der Waals surface area contributed by atoms with Crippen LogP contribution in [0.2, 0.25) is 0 Å². The van der Waals surface area contributed by atoms with E-state index < -0.39 is 10.0 Å². The zero-order valence-electron chi connectivity index (χ0n) is 16.1. The van der Waals surface area contributed by atoms with Crippen molar-refractivity contribution < 1.29 is 17.6 Å². The lowest BCUT2D eigenvalue weighted by Crippen LogP contribution is -2.24. The predicted molar refractivity (Wildman–Crippen MR) is 111 cm³/mol. The lowest BCUT2D eigenvalue weighted by molar-refractivity contribution is 0.102. The van der Waals surface area contributed by atoms with Gasteiger partial charge in [-0.1, -0.05) is 24.3 Å². The summed E-state index contributed by atoms with van der Waals surface area (Å²) in [6.07, 6.45) is 0. The van der Waals surface area contributed by atoms with Crippen LogP contribution in [-0.4, -0.2) is 14.3 Å². The molecule has 5 nitrogen and oxygen atoms in total. The van der Waals surface area contributed by atoms with Crippen LogP contribution in [0.25, 0.3) is 0 Å². The quantitative estimate of drug-likeness (QED) is 0.638. The highest BCUT2D eigenvalue weighted by Crippen LogP contribution is 2.17. The van der Waals surface area contributed by atoms with Gasteiger partial charge in [0.2, 0.25) is 10.0 Å². The van der Waals surface area contributed by atoms with E-state index >= 15 is 0 Å². The van der Waals surface area contributed by atoms with Crippen LogP contribution in [0.4, 0.5) is 10.1 Å². The van der Waals surface area contributed by atoms with Gasteiger partial charge in [-0.05, 0) is 73.0 Å². The summed E-state index contributed by atoms with van der Waals surface area (Å²) in [5.41, 5.74) is 3.16. The first-order valence-electron chi connectivity index (χ1n) is 8.97. The summed E-state index contributed by atoms with van der Waals surface area (Å²) in [6.45, 7) is 3.70. The molecular formula is C22H21FN2O3S. The maximum Gasteiger partial charge on any atom is 0.255 e. The van der Waals surface area contributed by atoms with Gasteiger partial charge in [-0.3, -0.25) is 4.79 Å². The Morgan fingerprint density at radius 1 is 0.931 bits per heavy atom. The average molecular weight is 412 g/mol. The first-order valence-corrected chi connectivity index (χ1v) is 10.5. The maximum atomic E-state index is 12.9. The van der Waals surface area contributed by atoms with E-state index in [9.17, 15) is 17.6 Å². The molecule has 0 fully saturated rings. The van der Waals surface area contributed by atoms with Crippen LogP contribution < -0.4 is 10.0 Å². The van der Waals surface area contributed by atoms with Gasteiger partial charge in [0.25, 0.3) is 5.91 Å². The molecule has 0 unspecified atom stereocenters. The molecule has 3 aromatic carbocycles. The van der Waals surface area contributed by atoms with Crippen molar-refractivity contribution >= 4 is 21.6 Å². The van der Waals surface area contributed by atoms with Crippen LogP contribution >= 0.6 is 0 Å². The highest BCUT2D eigenvalue weighted by Gasteiger charge is 2.16. The number of sulfonamides is 1. The lowest BCUT2D eigenvalue weighted by Gasteiger charge is -2.11. The van der Waals surface area contributed by atoms with Gasteiger partial charge in [-0.25, -0.2) is 17.5 Å². The minimum absolute atomic E-state index is 0.107. The van der Waals surface area contributed by atoms with E-state index in [4.69, 9.17) is 0 Å². The Labute approximate surface area is 169 Å². The number of amides is 1. The number of nitrogens with one attached hydrogen (secondary N) is 2. The summed E-state index contributed by atoms with van der Waals surface area (Å²) in [5.74, 6) is -0.713. The standard InChI is InChI=1S/C22H21FN2O3S/c1-15-3-4-16(2)21(13-15)29(27,28)24-14-17-5-7-18(8-6-17)22(26)25-20-11-9-19(23)10-12-20/h3-13,24H,14H2,1-2H3,(H,25,26). The first-order chi connectivity index (χ1) is 13.7. The van der Waals surface area contributed by atoms with Crippen molar-refractivity contribution in [1.82, 2.24) is 4.72 Å². The van der Waals surface area contributed by atoms with E-state index in [1.807, 2.05) is 13.0 Å². The van der Waals surface area contributed by atoms with Crippen molar-refractivity contribution in [2.24, 2.45) is 0 Å². The second-order valence-corrected chi connectivity index (χ2v) is 8.49. The number of halogens is 1. The molecule has 29 heavy (non-hydrogen) atoms. The molecule has 0 spiro atoms. The van der Waals surface area contributed by atoms with Crippen molar-refractivity contribution in [2.45, 2.75) is 25.3 Å². The van der Waals surface area contributed by atoms with Gasteiger partial charge in [-0.15, -0.1) is 0 Å². The van der Waals surface area contributed by atoms with Gasteiger partial charge in [0.15, 0.2) is 0 Å². The molecule has 0 radical (unpaired) electrons. The van der Waals surface area contributed by atoms with Crippen LogP contribution in [0, 0.1) is 19.7 Å². The van der Waals surface area contributed by atoms with E-state index in [1.165, 1.54) is 24.3 Å². The fraction of sp³-hybridized carbons (Fsp3) is 0.136. The van der Waals surface area contributed by atoms with Gasteiger partial charge < -0.3 is 5.32 Å². The molecule has 0 atom stereocenters. The molecule has 1 amide bonds. The molecule has 0 aliphatic heterocycles. The molecule has 0 saturated carbocycles. The zero-order valence-corrected chi connectivity index (χ0v) is 16.9. The number of rotatable bonds is 6. The van der Waals surface area contributed by atoms with Crippen LogP contribution in [0.5, 0.6) is 0 Å². The lowest BCUT2D eigenvalue weighted by atomic mass is 10.1. The molecule has 0 aliphatic rings. The summed E-state index contributed by atoms with van der Waals surface area (Å²) < 4.78 is 40.7. The van der Waals surface area contributed by atoms with Gasteiger partial charge in [0, 0.05) is 17.8 Å². The second-order valence-electron chi connectivity index (χ2n) is 6.75.